The fourth-order valence-corrected chi connectivity index (χ4v) is 6.27. The standard InChI is InChI=1S/C21H19N3O2S2/c25-20-18-14(15-2-1-8-26-15)11-28-21(18)23-17(22-20)10-24-7-5-16-13(6-9-27-16)19(24)12-3-4-12/h1-2,6,8-9,11-12,19H,3-5,7,10H2,(H,22,23,25)/t19-/m0/s1. The molecule has 1 aliphatic carbocycles. The molecule has 1 aliphatic heterocycles. The molecule has 0 aromatic carbocycles. The zero-order valence-electron chi connectivity index (χ0n) is 15.2. The van der Waals surface area contributed by atoms with E-state index in [9.17, 15) is 4.79 Å². The van der Waals surface area contributed by atoms with Crippen LogP contribution in [0.5, 0.6) is 0 Å². The molecule has 0 spiro atoms. The quantitative estimate of drug-likeness (QED) is 0.525. The summed E-state index contributed by atoms with van der Waals surface area (Å²) in [6, 6.07) is 6.48. The van der Waals surface area contributed by atoms with Crippen molar-refractivity contribution < 1.29 is 4.42 Å². The SMILES string of the molecule is O=c1[nH]c(CN2CCc3sccc3[C@@H]2C2CC2)nc2scc(-c3ccco3)c12. The molecule has 142 valence electrons. The lowest BCUT2D eigenvalue weighted by Gasteiger charge is -2.35. The molecule has 0 saturated heterocycles. The van der Waals surface area contributed by atoms with E-state index < -0.39 is 0 Å². The number of aromatic amines is 1. The van der Waals surface area contributed by atoms with E-state index in [-0.39, 0.29) is 5.56 Å². The van der Waals surface area contributed by atoms with Gasteiger partial charge in [-0.15, -0.1) is 22.7 Å². The van der Waals surface area contributed by atoms with Gasteiger partial charge in [0.25, 0.3) is 5.56 Å². The third-order valence-electron chi connectivity index (χ3n) is 5.82. The number of nitrogens with zero attached hydrogens (tertiary/aromatic N) is 2. The first kappa shape index (κ1) is 16.7. The van der Waals surface area contributed by atoms with Gasteiger partial charge in [-0.25, -0.2) is 4.98 Å². The van der Waals surface area contributed by atoms with E-state index >= 15 is 0 Å². The molecule has 1 fully saturated rings. The minimum atomic E-state index is -0.0798. The van der Waals surface area contributed by atoms with Crippen LogP contribution in [0.15, 0.2) is 44.4 Å². The van der Waals surface area contributed by atoms with Crippen molar-refractivity contribution in [2.75, 3.05) is 6.54 Å². The summed E-state index contributed by atoms with van der Waals surface area (Å²) >= 11 is 3.39. The number of hydrogen-bond donors (Lipinski definition) is 1. The van der Waals surface area contributed by atoms with Gasteiger partial charge in [0.05, 0.1) is 18.2 Å². The lowest BCUT2D eigenvalue weighted by molar-refractivity contribution is 0.154. The average Bonchev–Trinajstić information content (AvgIpc) is 3.10. The molecule has 0 bridgehead atoms. The van der Waals surface area contributed by atoms with E-state index in [2.05, 4.69) is 21.3 Å². The monoisotopic (exact) mass is 409 g/mol. The van der Waals surface area contributed by atoms with Crippen molar-refractivity contribution in [1.29, 1.82) is 0 Å². The van der Waals surface area contributed by atoms with Crippen molar-refractivity contribution in [3.05, 3.63) is 61.8 Å². The Hall–Kier alpha value is -2.22. The van der Waals surface area contributed by atoms with Crippen molar-refractivity contribution in [3.63, 3.8) is 0 Å². The highest BCUT2D eigenvalue weighted by atomic mass is 32.1. The molecule has 4 aromatic heterocycles. The van der Waals surface area contributed by atoms with Crippen LogP contribution in [0.3, 0.4) is 0 Å². The molecular weight excluding hydrogens is 390 g/mol. The zero-order chi connectivity index (χ0) is 18.7. The van der Waals surface area contributed by atoms with Crippen molar-refractivity contribution in [2.24, 2.45) is 5.92 Å². The van der Waals surface area contributed by atoms with Crippen LogP contribution < -0.4 is 5.56 Å². The summed E-state index contributed by atoms with van der Waals surface area (Å²) in [6.07, 6.45) is 5.32. The van der Waals surface area contributed by atoms with E-state index in [0.29, 0.717) is 23.7 Å². The third kappa shape index (κ3) is 2.69. The molecule has 28 heavy (non-hydrogen) atoms. The smallest absolute Gasteiger partial charge is 0.260 e. The Bertz CT molecular complexity index is 1200. The zero-order valence-corrected chi connectivity index (χ0v) is 16.8. The van der Waals surface area contributed by atoms with Crippen LogP contribution in [0.1, 0.15) is 35.1 Å². The number of hydrogen-bond acceptors (Lipinski definition) is 6. The molecule has 1 saturated carbocycles. The van der Waals surface area contributed by atoms with Gasteiger partial charge in [-0.2, -0.15) is 0 Å². The number of fused-ring (bicyclic) bond motifs is 2. The predicted octanol–water partition coefficient (Wildman–Crippen LogP) is 4.82. The second-order valence-corrected chi connectivity index (χ2v) is 9.48. The van der Waals surface area contributed by atoms with Crippen LogP contribution in [-0.4, -0.2) is 21.4 Å². The van der Waals surface area contributed by atoms with Gasteiger partial charge in [0.15, 0.2) is 0 Å². The number of nitrogens with one attached hydrogen (secondary N) is 1. The van der Waals surface area contributed by atoms with Crippen LogP contribution in [0.4, 0.5) is 0 Å². The van der Waals surface area contributed by atoms with Crippen LogP contribution in [0, 0.1) is 5.92 Å². The summed E-state index contributed by atoms with van der Waals surface area (Å²) in [4.78, 5) is 25.5. The number of thiophene rings is 2. The number of rotatable bonds is 4. The average molecular weight is 410 g/mol. The van der Waals surface area contributed by atoms with Gasteiger partial charge < -0.3 is 9.40 Å². The van der Waals surface area contributed by atoms with Gasteiger partial charge in [-0.1, -0.05) is 0 Å². The Labute approximate surface area is 169 Å². The molecule has 0 radical (unpaired) electrons. The van der Waals surface area contributed by atoms with E-state index in [1.54, 1.807) is 6.26 Å². The largest absolute Gasteiger partial charge is 0.464 e. The molecule has 0 unspecified atom stereocenters. The highest BCUT2D eigenvalue weighted by Gasteiger charge is 2.40. The second kappa shape index (κ2) is 6.40. The Kier molecular flexibility index (Phi) is 3.82. The van der Waals surface area contributed by atoms with Gasteiger partial charge in [-0.05, 0) is 54.3 Å². The van der Waals surface area contributed by atoms with Gasteiger partial charge in [-0.3, -0.25) is 9.69 Å². The van der Waals surface area contributed by atoms with Crippen LogP contribution >= 0.6 is 22.7 Å². The number of aromatic nitrogens is 2. The van der Waals surface area contributed by atoms with Crippen LogP contribution in [-0.2, 0) is 13.0 Å². The predicted molar refractivity (Wildman–Crippen MR) is 112 cm³/mol. The van der Waals surface area contributed by atoms with Crippen LogP contribution in [0.2, 0.25) is 0 Å². The molecular formula is C21H19N3O2S2. The molecule has 1 N–H and O–H groups in total. The molecule has 5 nitrogen and oxygen atoms in total. The van der Waals surface area contributed by atoms with Gasteiger partial charge in [0.2, 0.25) is 0 Å². The second-order valence-electron chi connectivity index (χ2n) is 7.62. The molecule has 0 amide bonds. The topological polar surface area (TPSA) is 62.1 Å². The minimum Gasteiger partial charge on any atom is -0.464 e. The Morgan fingerprint density at radius 3 is 3.04 bits per heavy atom. The summed E-state index contributed by atoms with van der Waals surface area (Å²) in [7, 11) is 0. The Balaban J connectivity index is 1.36. The summed E-state index contributed by atoms with van der Waals surface area (Å²) in [5.74, 6) is 2.21. The van der Waals surface area contributed by atoms with Gasteiger partial charge in [0, 0.05) is 28.4 Å². The first-order chi connectivity index (χ1) is 13.8. The first-order valence-corrected chi connectivity index (χ1v) is 11.4. The van der Waals surface area contributed by atoms with E-state index in [0.717, 1.165) is 35.1 Å². The first-order valence-electron chi connectivity index (χ1n) is 9.62. The lowest BCUT2D eigenvalue weighted by atomic mass is 9.96. The van der Waals surface area contributed by atoms with Gasteiger partial charge in [0.1, 0.15) is 16.4 Å². The van der Waals surface area contributed by atoms with Crippen molar-refractivity contribution >= 4 is 32.9 Å². The van der Waals surface area contributed by atoms with E-state index in [1.165, 1.54) is 34.6 Å². The molecule has 6 rings (SSSR count). The van der Waals surface area contributed by atoms with Crippen molar-refractivity contribution in [1.82, 2.24) is 14.9 Å². The molecule has 5 heterocycles. The maximum absolute atomic E-state index is 12.9. The lowest BCUT2D eigenvalue weighted by Crippen LogP contribution is -2.36. The molecule has 2 aliphatic rings. The third-order valence-corrected chi connectivity index (χ3v) is 7.69. The van der Waals surface area contributed by atoms with E-state index in [4.69, 9.17) is 9.40 Å². The number of furan rings is 1. The van der Waals surface area contributed by atoms with Crippen molar-refractivity contribution in [2.45, 2.75) is 31.8 Å². The minimum absolute atomic E-state index is 0.0798. The highest BCUT2D eigenvalue weighted by Crippen LogP contribution is 2.48. The normalized spacial score (nSPS) is 19.9. The van der Waals surface area contributed by atoms with E-state index in [1.807, 2.05) is 28.8 Å². The Morgan fingerprint density at radius 2 is 2.21 bits per heavy atom. The number of H-pyrrole nitrogens is 1. The fraction of sp³-hybridized carbons (Fsp3) is 0.333. The molecule has 4 aromatic rings. The Morgan fingerprint density at radius 1 is 1.29 bits per heavy atom. The highest BCUT2D eigenvalue weighted by molar-refractivity contribution is 7.17. The fourth-order valence-electron chi connectivity index (χ4n) is 4.41. The summed E-state index contributed by atoms with van der Waals surface area (Å²) in [5.41, 5.74) is 2.24. The summed E-state index contributed by atoms with van der Waals surface area (Å²) in [5, 5.41) is 4.81. The molecule has 1 atom stereocenters. The maximum atomic E-state index is 12.9. The van der Waals surface area contributed by atoms with Gasteiger partial charge >= 0.3 is 0 Å². The molecule has 7 heteroatoms. The maximum Gasteiger partial charge on any atom is 0.260 e. The van der Waals surface area contributed by atoms with Crippen molar-refractivity contribution in [3.8, 4) is 11.3 Å². The summed E-state index contributed by atoms with van der Waals surface area (Å²) < 4.78 is 5.48. The summed E-state index contributed by atoms with van der Waals surface area (Å²) in [6.45, 7) is 1.72. The van der Waals surface area contributed by atoms with Crippen LogP contribution in [0.25, 0.3) is 21.5 Å².